The van der Waals surface area contributed by atoms with Gasteiger partial charge >= 0.3 is 0 Å². The molecule has 0 saturated heterocycles. The Morgan fingerprint density at radius 1 is 1.08 bits per heavy atom. The Hall–Kier alpha value is -1.84. The van der Waals surface area contributed by atoms with Crippen molar-refractivity contribution in [2.24, 2.45) is 0 Å². The SMILES string of the molecule is Cc1cc(OCCOC2CC2)c2c(c1-c1cccc(CO)c1)CC2. The molecule has 2 aromatic carbocycles. The summed E-state index contributed by atoms with van der Waals surface area (Å²) in [5.74, 6) is 1.02. The van der Waals surface area contributed by atoms with Crippen molar-refractivity contribution < 1.29 is 14.6 Å². The maximum atomic E-state index is 9.39. The Balaban J connectivity index is 1.56. The van der Waals surface area contributed by atoms with Gasteiger partial charge in [0.15, 0.2) is 0 Å². The van der Waals surface area contributed by atoms with Gasteiger partial charge in [-0.2, -0.15) is 0 Å². The molecule has 1 fully saturated rings. The van der Waals surface area contributed by atoms with Crippen LogP contribution in [0.1, 0.15) is 35.1 Å². The molecule has 126 valence electrons. The summed E-state index contributed by atoms with van der Waals surface area (Å²) in [4.78, 5) is 0. The van der Waals surface area contributed by atoms with E-state index in [1.165, 1.54) is 40.7 Å². The average molecular weight is 324 g/mol. The molecular formula is C21H24O3. The van der Waals surface area contributed by atoms with Crippen molar-refractivity contribution in [2.75, 3.05) is 13.2 Å². The molecule has 0 bridgehead atoms. The number of ether oxygens (including phenoxy) is 2. The van der Waals surface area contributed by atoms with E-state index in [1.54, 1.807) is 0 Å². The van der Waals surface area contributed by atoms with Gasteiger partial charge in [-0.05, 0) is 78.1 Å². The van der Waals surface area contributed by atoms with Gasteiger partial charge in [-0.1, -0.05) is 18.2 Å². The zero-order valence-corrected chi connectivity index (χ0v) is 14.2. The lowest BCUT2D eigenvalue weighted by Crippen LogP contribution is -2.16. The Morgan fingerprint density at radius 3 is 2.62 bits per heavy atom. The van der Waals surface area contributed by atoms with Gasteiger partial charge in [-0.25, -0.2) is 0 Å². The van der Waals surface area contributed by atoms with Crippen molar-refractivity contribution in [1.29, 1.82) is 0 Å². The summed E-state index contributed by atoms with van der Waals surface area (Å²) >= 11 is 0. The zero-order valence-electron chi connectivity index (χ0n) is 14.2. The van der Waals surface area contributed by atoms with E-state index in [9.17, 15) is 5.11 Å². The number of rotatable bonds is 7. The molecule has 0 atom stereocenters. The average Bonchev–Trinajstić information content (AvgIpc) is 3.38. The van der Waals surface area contributed by atoms with Crippen molar-refractivity contribution in [1.82, 2.24) is 0 Å². The lowest BCUT2D eigenvalue weighted by atomic mass is 9.79. The maximum absolute atomic E-state index is 9.39. The van der Waals surface area contributed by atoms with Crippen LogP contribution in [-0.4, -0.2) is 24.4 Å². The van der Waals surface area contributed by atoms with Crippen LogP contribution in [0.2, 0.25) is 0 Å². The van der Waals surface area contributed by atoms with E-state index in [4.69, 9.17) is 9.47 Å². The molecule has 0 aromatic heterocycles. The quantitative estimate of drug-likeness (QED) is 0.787. The minimum atomic E-state index is 0.0806. The number of aliphatic hydroxyl groups excluding tert-OH is 1. The minimum Gasteiger partial charge on any atom is -0.491 e. The smallest absolute Gasteiger partial charge is 0.123 e. The van der Waals surface area contributed by atoms with Crippen LogP contribution in [0.3, 0.4) is 0 Å². The molecular weight excluding hydrogens is 300 g/mol. The maximum Gasteiger partial charge on any atom is 0.123 e. The Labute approximate surface area is 143 Å². The number of benzene rings is 2. The standard InChI is InChI=1S/C21H24O3/c1-14-11-20(24-10-9-23-17-5-6-17)18-7-8-19(18)21(14)16-4-2-3-15(12-16)13-22/h2-4,11-12,17,22H,5-10,13H2,1H3. The van der Waals surface area contributed by atoms with Gasteiger partial charge in [-0.3, -0.25) is 0 Å². The van der Waals surface area contributed by atoms with E-state index in [0.717, 1.165) is 24.2 Å². The second kappa shape index (κ2) is 6.58. The van der Waals surface area contributed by atoms with Gasteiger partial charge in [0.05, 0.1) is 19.3 Å². The van der Waals surface area contributed by atoms with E-state index in [1.807, 2.05) is 12.1 Å². The molecule has 0 heterocycles. The molecule has 1 N–H and O–H groups in total. The first-order valence-electron chi connectivity index (χ1n) is 8.86. The number of hydrogen-bond acceptors (Lipinski definition) is 3. The van der Waals surface area contributed by atoms with Gasteiger partial charge in [0.25, 0.3) is 0 Å². The summed E-state index contributed by atoms with van der Waals surface area (Å²) in [5.41, 5.74) is 7.45. The topological polar surface area (TPSA) is 38.7 Å². The lowest BCUT2D eigenvalue weighted by Gasteiger charge is -2.28. The minimum absolute atomic E-state index is 0.0806. The fraction of sp³-hybridized carbons (Fsp3) is 0.429. The predicted octanol–water partition coefficient (Wildman–Crippen LogP) is 3.81. The van der Waals surface area contributed by atoms with Crippen LogP contribution in [0.5, 0.6) is 5.75 Å². The molecule has 2 aromatic rings. The van der Waals surface area contributed by atoms with Crippen LogP contribution < -0.4 is 4.74 Å². The largest absolute Gasteiger partial charge is 0.491 e. The third-order valence-corrected chi connectivity index (χ3v) is 4.95. The number of fused-ring (bicyclic) bond motifs is 1. The first-order valence-corrected chi connectivity index (χ1v) is 8.86. The summed E-state index contributed by atoms with van der Waals surface area (Å²) in [6.45, 7) is 3.53. The predicted molar refractivity (Wildman–Crippen MR) is 94.4 cm³/mol. The Kier molecular flexibility index (Phi) is 4.30. The number of hydrogen-bond donors (Lipinski definition) is 1. The molecule has 4 rings (SSSR count). The molecule has 3 nitrogen and oxygen atoms in total. The van der Waals surface area contributed by atoms with Gasteiger partial charge in [0.1, 0.15) is 12.4 Å². The van der Waals surface area contributed by atoms with Crippen LogP contribution in [0, 0.1) is 6.92 Å². The van der Waals surface area contributed by atoms with Crippen LogP contribution in [-0.2, 0) is 24.2 Å². The summed E-state index contributed by atoms with van der Waals surface area (Å²) in [6.07, 6.45) is 5.08. The van der Waals surface area contributed by atoms with Crippen LogP contribution in [0.15, 0.2) is 30.3 Å². The summed E-state index contributed by atoms with van der Waals surface area (Å²) in [6, 6.07) is 10.4. The summed E-state index contributed by atoms with van der Waals surface area (Å²) in [7, 11) is 0. The van der Waals surface area contributed by atoms with E-state index in [0.29, 0.717) is 19.3 Å². The van der Waals surface area contributed by atoms with Crippen molar-refractivity contribution in [2.45, 2.75) is 45.3 Å². The summed E-state index contributed by atoms with van der Waals surface area (Å²) < 4.78 is 11.7. The third kappa shape index (κ3) is 3.06. The monoisotopic (exact) mass is 324 g/mol. The van der Waals surface area contributed by atoms with Gasteiger partial charge < -0.3 is 14.6 Å². The highest BCUT2D eigenvalue weighted by Gasteiger charge is 2.25. The highest BCUT2D eigenvalue weighted by Crippen LogP contribution is 2.42. The van der Waals surface area contributed by atoms with Gasteiger partial charge in [-0.15, -0.1) is 0 Å². The molecule has 2 aliphatic carbocycles. The Morgan fingerprint density at radius 2 is 1.92 bits per heavy atom. The second-order valence-electron chi connectivity index (χ2n) is 6.80. The third-order valence-electron chi connectivity index (χ3n) is 4.95. The van der Waals surface area contributed by atoms with Gasteiger partial charge in [0.2, 0.25) is 0 Å². The first kappa shape index (κ1) is 15.7. The van der Waals surface area contributed by atoms with E-state index in [-0.39, 0.29) is 6.61 Å². The van der Waals surface area contributed by atoms with E-state index in [2.05, 4.69) is 25.1 Å². The first-order chi connectivity index (χ1) is 11.8. The molecule has 24 heavy (non-hydrogen) atoms. The second-order valence-corrected chi connectivity index (χ2v) is 6.80. The molecule has 0 aliphatic heterocycles. The van der Waals surface area contributed by atoms with Crippen molar-refractivity contribution in [3.8, 4) is 16.9 Å². The Bertz CT molecular complexity index is 747. The normalized spacial score (nSPS) is 15.8. The molecule has 3 heteroatoms. The van der Waals surface area contributed by atoms with E-state index < -0.39 is 0 Å². The van der Waals surface area contributed by atoms with Crippen LogP contribution >= 0.6 is 0 Å². The van der Waals surface area contributed by atoms with E-state index >= 15 is 0 Å². The van der Waals surface area contributed by atoms with Crippen LogP contribution in [0.4, 0.5) is 0 Å². The van der Waals surface area contributed by atoms with Crippen molar-refractivity contribution in [3.05, 3.63) is 52.6 Å². The van der Waals surface area contributed by atoms with Gasteiger partial charge in [0, 0.05) is 0 Å². The van der Waals surface area contributed by atoms with Crippen LogP contribution in [0.25, 0.3) is 11.1 Å². The number of aliphatic hydroxyl groups is 1. The van der Waals surface area contributed by atoms with Crippen molar-refractivity contribution >= 4 is 0 Å². The molecule has 0 amide bonds. The fourth-order valence-corrected chi connectivity index (χ4v) is 3.47. The fourth-order valence-electron chi connectivity index (χ4n) is 3.47. The molecule has 0 spiro atoms. The number of aryl methyl sites for hydroxylation is 1. The lowest BCUT2D eigenvalue weighted by molar-refractivity contribution is 0.0876. The van der Waals surface area contributed by atoms with Crippen molar-refractivity contribution in [3.63, 3.8) is 0 Å². The molecule has 0 radical (unpaired) electrons. The summed E-state index contributed by atoms with van der Waals surface area (Å²) in [5, 5.41) is 9.39. The molecule has 0 unspecified atom stereocenters. The molecule has 2 aliphatic rings. The zero-order chi connectivity index (χ0) is 16.5. The highest BCUT2D eigenvalue weighted by atomic mass is 16.5. The molecule has 1 saturated carbocycles. The highest BCUT2D eigenvalue weighted by molar-refractivity contribution is 5.76.